The van der Waals surface area contributed by atoms with Crippen molar-refractivity contribution >= 4 is 49.4 Å². The van der Waals surface area contributed by atoms with E-state index >= 15 is 0 Å². The third-order valence-electron chi connectivity index (χ3n) is 6.16. The van der Waals surface area contributed by atoms with E-state index < -0.39 is 49.4 Å². The minimum atomic E-state index is -1.33. The molecule has 0 aromatic rings. The lowest BCUT2D eigenvalue weighted by Crippen LogP contribution is -2.62. The van der Waals surface area contributed by atoms with Crippen LogP contribution in [-0.4, -0.2) is 49.4 Å². The highest BCUT2D eigenvalue weighted by Crippen LogP contribution is 2.27. The summed E-state index contributed by atoms with van der Waals surface area (Å²) in [6, 6.07) is 8.66. The van der Waals surface area contributed by atoms with Gasteiger partial charge in [0.1, 0.15) is 49.4 Å². The Labute approximate surface area is 177 Å². The maximum absolute atomic E-state index is 4.31. The molecule has 1 rings (SSSR count). The van der Waals surface area contributed by atoms with Gasteiger partial charge in [-0.15, -0.1) is 0 Å². The molecule has 1 heterocycles. The van der Waals surface area contributed by atoms with E-state index in [1.54, 1.807) is 0 Å². The van der Waals surface area contributed by atoms with Crippen LogP contribution in [0.5, 0.6) is 0 Å². The van der Waals surface area contributed by atoms with Crippen molar-refractivity contribution in [1.82, 2.24) is 13.9 Å². The largest absolute Gasteiger partial charge is 0.359 e. The number of hydrogen-bond donors (Lipinski definition) is 3. The zero-order chi connectivity index (χ0) is 21.4. The maximum Gasteiger partial charge on any atom is 0.112 e. The summed E-state index contributed by atoms with van der Waals surface area (Å²) < 4.78 is 12.9. The monoisotopic (exact) mass is 477 g/mol. The summed E-state index contributed by atoms with van der Waals surface area (Å²) in [5.74, 6) is 0. The molecule has 0 aliphatic carbocycles. The first-order valence-corrected chi connectivity index (χ1v) is 30.4. The van der Waals surface area contributed by atoms with Crippen LogP contribution in [0.1, 0.15) is 0 Å². The number of hydrogen-bond acceptors (Lipinski definition) is 3. The SMILES string of the molecule is C[Si]1(C)CC[Si](C)(C)N[Si](C)(C)CC[Si](C)(C)N[Si](C)(C)CC[Si](C)(C)N1. The Morgan fingerprint density at radius 1 is 0.296 bits per heavy atom. The van der Waals surface area contributed by atoms with Gasteiger partial charge in [-0.2, -0.15) is 0 Å². The molecule has 1 fully saturated rings. The predicted molar refractivity (Wildman–Crippen MR) is 143 cm³/mol. The van der Waals surface area contributed by atoms with Gasteiger partial charge in [-0.1, -0.05) is 78.6 Å². The van der Waals surface area contributed by atoms with E-state index in [0.29, 0.717) is 0 Å². The smallest absolute Gasteiger partial charge is 0.112 e. The van der Waals surface area contributed by atoms with Crippen molar-refractivity contribution in [3.8, 4) is 0 Å². The Bertz CT molecular complexity index is 390. The molecule has 0 saturated carbocycles. The van der Waals surface area contributed by atoms with Gasteiger partial charge in [-0.25, -0.2) is 0 Å². The molecule has 0 unspecified atom stereocenters. The highest BCUT2D eigenvalue weighted by Gasteiger charge is 2.39. The molecule has 162 valence electrons. The van der Waals surface area contributed by atoms with E-state index in [1.807, 2.05) is 0 Å². The average Bonchev–Trinajstić information content (AvgIpc) is 2.38. The van der Waals surface area contributed by atoms with Crippen molar-refractivity contribution in [2.24, 2.45) is 0 Å². The quantitative estimate of drug-likeness (QED) is 0.374. The zero-order valence-corrected chi connectivity index (χ0v) is 26.7. The molecule has 0 aromatic carbocycles. The summed E-state index contributed by atoms with van der Waals surface area (Å²) in [7, 11) is -7.97. The summed E-state index contributed by atoms with van der Waals surface area (Å²) >= 11 is 0. The van der Waals surface area contributed by atoms with Crippen molar-refractivity contribution < 1.29 is 0 Å². The van der Waals surface area contributed by atoms with Crippen molar-refractivity contribution in [2.45, 2.75) is 115 Å². The van der Waals surface area contributed by atoms with Crippen LogP contribution in [0.3, 0.4) is 0 Å². The van der Waals surface area contributed by atoms with Gasteiger partial charge < -0.3 is 13.9 Å². The minimum absolute atomic E-state index is 1.33. The Kier molecular flexibility index (Phi) is 8.48. The topological polar surface area (TPSA) is 36.1 Å². The van der Waals surface area contributed by atoms with Gasteiger partial charge in [0.25, 0.3) is 0 Å². The van der Waals surface area contributed by atoms with Gasteiger partial charge >= 0.3 is 0 Å². The third kappa shape index (κ3) is 10.7. The second-order valence-corrected chi connectivity index (χ2v) is 41.8. The standard InChI is InChI=1S/C18H51N3Si6/c1-22(2)13-14-24(5,6)20-26(9,10)17-18-27(11,12)21-25(7,8)16-15-23(3,4)19-22/h19-21H,13-18H2,1-12H3. The van der Waals surface area contributed by atoms with E-state index in [4.69, 9.17) is 0 Å². The Morgan fingerprint density at radius 2 is 0.407 bits per heavy atom. The number of rotatable bonds is 0. The molecule has 27 heavy (non-hydrogen) atoms. The second kappa shape index (κ2) is 8.74. The normalized spacial score (nSPS) is 30.7. The van der Waals surface area contributed by atoms with E-state index in [0.717, 1.165) is 0 Å². The molecule has 0 aromatic heterocycles. The lowest BCUT2D eigenvalue weighted by Gasteiger charge is -2.39. The molecule has 0 bridgehead atoms. The Balaban J connectivity index is 3.10. The summed E-state index contributed by atoms with van der Waals surface area (Å²) in [5.41, 5.74) is 0. The van der Waals surface area contributed by atoms with Gasteiger partial charge in [0, 0.05) is 0 Å². The molecule has 1 aliphatic heterocycles. The lowest BCUT2D eigenvalue weighted by molar-refractivity contribution is 1.11. The van der Waals surface area contributed by atoms with Crippen molar-refractivity contribution in [3.63, 3.8) is 0 Å². The molecule has 0 radical (unpaired) electrons. The first kappa shape index (κ1) is 26.2. The summed E-state index contributed by atoms with van der Waals surface area (Å²) in [6.45, 7) is 31.0. The maximum atomic E-state index is 4.31. The van der Waals surface area contributed by atoms with Crippen LogP contribution < -0.4 is 13.9 Å². The number of nitrogens with one attached hydrogen (secondary N) is 3. The predicted octanol–water partition coefficient (Wildman–Crippen LogP) is 6.00. The Hall–Kier alpha value is 1.18. The molecular formula is C18H51N3Si6. The van der Waals surface area contributed by atoms with Crippen LogP contribution >= 0.6 is 0 Å². The van der Waals surface area contributed by atoms with Gasteiger partial charge in [0.15, 0.2) is 0 Å². The third-order valence-corrected chi connectivity index (χ3v) is 32.9. The van der Waals surface area contributed by atoms with E-state index in [9.17, 15) is 0 Å². The molecule has 1 aliphatic rings. The second-order valence-electron chi connectivity index (χ2n) is 13.2. The fourth-order valence-electron chi connectivity index (χ4n) is 5.00. The fraction of sp³-hybridized carbons (Fsp3) is 1.00. The molecule has 9 heteroatoms. The van der Waals surface area contributed by atoms with E-state index in [2.05, 4.69) is 92.5 Å². The van der Waals surface area contributed by atoms with Crippen LogP contribution in [0.2, 0.25) is 115 Å². The Morgan fingerprint density at radius 3 is 0.519 bits per heavy atom. The summed E-state index contributed by atoms with van der Waals surface area (Å²) in [6.07, 6.45) is 0. The van der Waals surface area contributed by atoms with Crippen molar-refractivity contribution in [1.29, 1.82) is 0 Å². The first-order chi connectivity index (χ1) is 11.7. The fourth-order valence-corrected chi connectivity index (χ4v) is 45.0. The van der Waals surface area contributed by atoms with Crippen LogP contribution in [0.25, 0.3) is 0 Å². The molecular weight excluding hydrogens is 427 g/mol. The molecule has 3 N–H and O–H groups in total. The van der Waals surface area contributed by atoms with Crippen LogP contribution in [-0.2, 0) is 0 Å². The minimum Gasteiger partial charge on any atom is -0.359 e. The van der Waals surface area contributed by atoms with Gasteiger partial charge in [-0.05, 0) is 36.3 Å². The van der Waals surface area contributed by atoms with E-state index in [1.165, 1.54) is 36.3 Å². The van der Waals surface area contributed by atoms with Gasteiger partial charge in [0.2, 0.25) is 0 Å². The molecule has 0 spiro atoms. The average molecular weight is 478 g/mol. The molecule has 3 nitrogen and oxygen atoms in total. The lowest BCUT2D eigenvalue weighted by atomic mass is 10.9. The van der Waals surface area contributed by atoms with Crippen LogP contribution in [0, 0.1) is 0 Å². The van der Waals surface area contributed by atoms with Crippen LogP contribution in [0.15, 0.2) is 0 Å². The molecule has 0 atom stereocenters. The summed E-state index contributed by atoms with van der Waals surface area (Å²) in [4.78, 5) is 0. The summed E-state index contributed by atoms with van der Waals surface area (Å²) in [5, 5.41) is 0. The van der Waals surface area contributed by atoms with Gasteiger partial charge in [0.05, 0.1) is 0 Å². The zero-order valence-electron chi connectivity index (χ0n) is 20.7. The highest BCUT2D eigenvalue weighted by atomic mass is 28.4. The first-order valence-electron chi connectivity index (χ1n) is 11.1. The van der Waals surface area contributed by atoms with Gasteiger partial charge in [-0.3, -0.25) is 0 Å². The van der Waals surface area contributed by atoms with Crippen molar-refractivity contribution in [3.05, 3.63) is 0 Å². The van der Waals surface area contributed by atoms with E-state index in [-0.39, 0.29) is 0 Å². The van der Waals surface area contributed by atoms with Crippen LogP contribution in [0.4, 0.5) is 0 Å². The molecule has 0 amide bonds. The molecule has 1 saturated heterocycles. The highest BCUT2D eigenvalue weighted by molar-refractivity contribution is 6.97. The van der Waals surface area contributed by atoms with Crippen molar-refractivity contribution in [2.75, 3.05) is 0 Å².